The van der Waals surface area contributed by atoms with E-state index < -0.39 is 0 Å². The van der Waals surface area contributed by atoms with Crippen LogP contribution in [0.4, 0.5) is 0 Å². The second kappa shape index (κ2) is 8.71. The first kappa shape index (κ1) is 19.5. The fourth-order valence-corrected chi connectivity index (χ4v) is 5.04. The molecule has 0 N–H and O–H groups in total. The van der Waals surface area contributed by atoms with Crippen LogP contribution in [0.15, 0.2) is 22.0 Å². The van der Waals surface area contributed by atoms with Crippen molar-refractivity contribution in [2.75, 3.05) is 39.3 Å². The van der Waals surface area contributed by atoms with Gasteiger partial charge in [-0.05, 0) is 31.2 Å². The van der Waals surface area contributed by atoms with Gasteiger partial charge in [-0.1, -0.05) is 18.1 Å². The maximum atomic E-state index is 12.9. The van der Waals surface area contributed by atoms with Crippen molar-refractivity contribution in [3.8, 4) is 0 Å². The number of nitrogens with zero attached hydrogens (tertiary/aromatic N) is 5. The molecule has 0 aliphatic carbocycles. The Labute approximate surface area is 170 Å². The minimum atomic E-state index is 0.118. The number of carbonyl (C=O) groups excluding carboxylic acids is 1. The first-order chi connectivity index (χ1) is 13.7. The lowest BCUT2D eigenvalue weighted by Crippen LogP contribution is -2.50. The number of hydrogen-bond donors (Lipinski definition) is 0. The van der Waals surface area contributed by atoms with E-state index in [0.717, 1.165) is 57.8 Å². The molecular formula is C20H29N5O2S. The van der Waals surface area contributed by atoms with Crippen molar-refractivity contribution in [1.29, 1.82) is 0 Å². The molecule has 2 aromatic rings. The van der Waals surface area contributed by atoms with Gasteiger partial charge in [-0.15, -0.1) is 11.3 Å². The second-order valence-electron chi connectivity index (χ2n) is 7.65. The molecule has 8 heteroatoms. The van der Waals surface area contributed by atoms with Crippen LogP contribution in [0, 0.1) is 0 Å². The van der Waals surface area contributed by atoms with E-state index in [2.05, 4.69) is 49.3 Å². The van der Waals surface area contributed by atoms with Crippen molar-refractivity contribution >= 4 is 17.2 Å². The Hall–Kier alpha value is -1.77. The fraction of sp³-hybridized carbons (Fsp3) is 0.650. The summed E-state index contributed by atoms with van der Waals surface area (Å²) < 4.78 is 5.40. The molecule has 7 nitrogen and oxygen atoms in total. The van der Waals surface area contributed by atoms with E-state index in [0.29, 0.717) is 12.4 Å². The maximum absolute atomic E-state index is 12.9. The molecule has 4 heterocycles. The van der Waals surface area contributed by atoms with Gasteiger partial charge in [0.05, 0.1) is 18.6 Å². The van der Waals surface area contributed by atoms with Gasteiger partial charge in [-0.3, -0.25) is 14.6 Å². The van der Waals surface area contributed by atoms with Crippen LogP contribution in [0.25, 0.3) is 0 Å². The van der Waals surface area contributed by atoms with Crippen molar-refractivity contribution in [2.24, 2.45) is 0 Å². The first-order valence-corrected chi connectivity index (χ1v) is 11.2. The van der Waals surface area contributed by atoms with Crippen LogP contribution in [0.2, 0.25) is 0 Å². The van der Waals surface area contributed by atoms with Crippen molar-refractivity contribution < 1.29 is 9.32 Å². The molecule has 2 atom stereocenters. The molecule has 2 fully saturated rings. The third-order valence-electron chi connectivity index (χ3n) is 5.92. The molecular weight excluding hydrogens is 374 g/mol. The van der Waals surface area contributed by atoms with Gasteiger partial charge < -0.3 is 9.42 Å². The standard InChI is InChI=1S/C20H29N5O2S/c1-3-18-21-20(27-22-18)15(2)24-11-9-23(10-12-24)14-19(26)25-8-4-6-16(25)17-7-5-13-28-17/h5,7,13,15-16H,3-4,6,8-12,14H2,1-2H3. The van der Waals surface area contributed by atoms with Gasteiger partial charge >= 0.3 is 0 Å². The summed E-state index contributed by atoms with van der Waals surface area (Å²) >= 11 is 1.76. The minimum absolute atomic E-state index is 0.118. The highest BCUT2D eigenvalue weighted by Crippen LogP contribution is 2.34. The van der Waals surface area contributed by atoms with E-state index in [9.17, 15) is 4.79 Å². The number of carbonyl (C=O) groups is 1. The number of likely N-dealkylation sites (tertiary alicyclic amines) is 1. The summed E-state index contributed by atoms with van der Waals surface area (Å²) in [7, 11) is 0. The van der Waals surface area contributed by atoms with Gasteiger partial charge in [-0.2, -0.15) is 4.98 Å². The Morgan fingerprint density at radius 2 is 2.14 bits per heavy atom. The molecule has 2 aromatic heterocycles. The SMILES string of the molecule is CCc1noc(C(C)N2CCN(CC(=O)N3CCCC3c3cccs3)CC2)n1. The zero-order chi connectivity index (χ0) is 19.5. The van der Waals surface area contributed by atoms with Gasteiger partial charge in [0.15, 0.2) is 5.82 Å². The van der Waals surface area contributed by atoms with Gasteiger partial charge in [0.25, 0.3) is 0 Å². The van der Waals surface area contributed by atoms with Crippen molar-refractivity contribution in [1.82, 2.24) is 24.8 Å². The van der Waals surface area contributed by atoms with Crippen molar-refractivity contribution in [3.05, 3.63) is 34.1 Å². The lowest BCUT2D eigenvalue weighted by atomic mass is 10.2. The zero-order valence-corrected chi connectivity index (χ0v) is 17.5. The van der Waals surface area contributed by atoms with E-state index in [1.165, 1.54) is 4.88 Å². The number of aromatic nitrogens is 2. The topological polar surface area (TPSA) is 65.7 Å². The van der Waals surface area contributed by atoms with E-state index in [4.69, 9.17) is 4.52 Å². The van der Waals surface area contributed by atoms with Crippen LogP contribution in [0.5, 0.6) is 0 Å². The first-order valence-electron chi connectivity index (χ1n) is 10.3. The summed E-state index contributed by atoms with van der Waals surface area (Å²) in [5.41, 5.74) is 0. The minimum Gasteiger partial charge on any atom is -0.338 e. The molecule has 4 rings (SSSR count). The molecule has 0 radical (unpaired) electrons. The number of thiophene rings is 1. The van der Waals surface area contributed by atoms with Crippen LogP contribution >= 0.6 is 11.3 Å². The fourth-order valence-electron chi connectivity index (χ4n) is 4.17. The number of amides is 1. The van der Waals surface area contributed by atoms with Crippen LogP contribution in [-0.4, -0.2) is 70.0 Å². The van der Waals surface area contributed by atoms with Crippen molar-refractivity contribution in [3.63, 3.8) is 0 Å². The highest BCUT2D eigenvalue weighted by molar-refractivity contribution is 7.10. The second-order valence-corrected chi connectivity index (χ2v) is 8.63. The Kier molecular flexibility index (Phi) is 6.08. The summed E-state index contributed by atoms with van der Waals surface area (Å²) in [6, 6.07) is 4.63. The zero-order valence-electron chi connectivity index (χ0n) is 16.7. The lowest BCUT2D eigenvalue weighted by Gasteiger charge is -2.37. The molecule has 28 heavy (non-hydrogen) atoms. The molecule has 0 spiro atoms. The average Bonchev–Trinajstić information content (AvgIpc) is 3.48. The van der Waals surface area contributed by atoms with Gasteiger partial charge in [0.1, 0.15) is 0 Å². The van der Waals surface area contributed by atoms with E-state index in [-0.39, 0.29) is 18.0 Å². The quantitative estimate of drug-likeness (QED) is 0.739. The molecule has 152 valence electrons. The van der Waals surface area contributed by atoms with Crippen LogP contribution in [-0.2, 0) is 11.2 Å². The highest BCUT2D eigenvalue weighted by Gasteiger charge is 2.32. The van der Waals surface area contributed by atoms with Crippen LogP contribution in [0.1, 0.15) is 55.4 Å². The normalized spacial score (nSPS) is 22.6. The summed E-state index contributed by atoms with van der Waals surface area (Å²) in [6.07, 6.45) is 2.97. The molecule has 0 saturated carbocycles. The summed E-state index contributed by atoms with van der Waals surface area (Å²) in [5.74, 6) is 1.72. The Bertz CT molecular complexity index is 769. The van der Waals surface area contributed by atoms with Gasteiger partial charge in [0.2, 0.25) is 11.8 Å². The Balaban J connectivity index is 1.28. The lowest BCUT2D eigenvalue weighted by molar-refractivity contribution is -0.133. The molecule has 2 unspecified atom stereocenters. The average molecular weight is 404 g/mol. The third-order valence-corrected chi connectivity index (χ3v) is 6.89. The highest BCUT2D eigenvalue weighted by atomic mass is 32.1. The molecule has 0 aromatic carbocycles. The maximum Gasteiger partial charge on any atom is 0.243 e. The van der Waals surface area contributed by atoms with E-state index >= 15 is 0 Å². The summed E-state index contributed by atoms with van der Waals surface area (Å²) in [5, 5.41) is 6.11. The summed E-state index contributed by atoms with van der Waals surface area (Å²) in [4.78, 5) is 25.4. The molecule has 1 amide bonds. The largest absolute Gasteiger partial charge is 0.338 e. The number of hydrogen-bond acceptors (Lipinski definition) is 7. The third kappa shape index (κ3) is 4.14. The van der Waals surface area contributed by atoms with Crippen LogP contribution < -0.4 is 0 Å². The molecule has 2 saturated heterocycles. The van der Waals surface area contributed by atoms with E-state index in [1.807, 2.05) is 6.92 Å². The number of aryl methyl sites for hydroxylation is 1. The number of rotatable bonds is 6. The predicted molar refractivity (Wildman–Crippen MR) is 108 cm³/mol. The van der Waals surface area contributed by atoms with E-state index in [1.54, 1.807) is 11.3 Å². The number of piperazine rings is 1. The molecule has 2 aliphatic heterocycles. The summed E-state index contributed by atoms with van der Waals surface area (Å²) in [6.45, 7) is 9.14. The molecule has 2 aliphatic rings. The monoisotopic (exact) mass is 403 g/mol. The van der Waals surface area contributed by atoms with Crippen molar-refractivity contribution in [2.45, 2.75) is 45.2 Å². The van der Waals surface area contributed by atoms with Crippen LogP contribution in [0.3, 0.4) is 0 Å². The molecule has 0 bridgehead atoms. The Morgan fingerprint density at radius 1 is 1.32 bits per heavy atom. The van der Waals surface area contributed by atoms with Gasteiger partial charge in [-0.25, -0.2) is 0 Å². The van der Waals surface area contributed by atoms with Gasteiger partial charge in [0, 0.05) is 44.0 Å². The smallest absolute Gasteiger partial charge is 0.243 e. The Morgan fingerprint density at radius 3 is 2.82 bits per heavy atom. The predicted octanol–water partition coefficient (Wildman–Crippen LogP) is 2.74.